The van der Waals surface area contributed by atoms with Crippen molar-refractivity contribution in [2.24, 2.45) is 0 Å². The average molecular weight is 521 g/mol. The Labute approximate surface area is 226 Å². The molecule has 2 atom stereocenters. The minimum absolute atomic E-state index is 0.0285. The molecule has 2 aliphatic heterocycles. The van der Waals surface area contributed by atoms with E-state index in [0.717, 1.165) is 102 Å². The second kappa shape index (κ2) is 14.6. The van der Waals surface area contributed by atoms with E-state index >= 15 is 0 Å². The Morgan fingerprint density at radius 2 is 1.51 bits per heavy atom. The molecule has 37 heavy (non-hydrogen) atoms. The Bertz CT molecular complexity index is 1040. The van der Waals surface area contributed by atoms with E-state index in [2.05, 4.69) is 54.3 Å². The lowest BCUT2D eigenvalue weighted by Gasteiger charge is -2.35. The molecule has 0 aliphatic carbocycles. The number of thioether (sulfide) groups is 1. The number of thiocyanates is 1. The molecular weight excluding hydrogens is 480 g/mol. The van der Waals surface area contributed by atoms with Gasteiger partial charge in [0.25, 0.3) is 0 Å². The smallest absolute Gasteiger partial charge is 0.178 e. The summed E-state index contributed by atoms with van der Waals surface area (Å²) in [5, 5.41) is 11.0. The Kier molecular flexibility index (Phi) is 11.0. The van der Waals surface area contributed by atoms with Crippen LogP contribution in [0.1, 0.15) is 41.5 Å². The maximum atomic E-state index is 11.8. The van der Waals surface area contributed by atoms with Crippen LogP contribution < -0.4 is 0 Å². The fourth-order valence-electron chi connectivity index (χ4n) is 5.22. The second-order valence-electron chi connectivity index (χ2n) is 10.2. The van der Waals surface area contributed by atoms with Crippen LogP contribution in [-0.4, -0.2) is 102 Å². The standard InChI is InChI=1S/C29H40N6OS/c1-25(36)29-6-2-5-27(31-29)23-35-15-4-14-33-18-17-32(12-3-13-34(20-19-33)21-22-35)16-11-26-7-9-28(10-8-26)37-24-30/h2,5-10H,3-4,11-23H2,1H3. The molecule has 2 bridgehead atoms. The number of Topliss-reactive ketones (excluding diaryl/α,β-unsaturated/α-hetero) is 1. The molecule has 7 nitrogen and oxygen atoms in total. The van der Waals surface area contributed by atoms with Gasteiger partial charge in [0.2, 0.25) is 0 Å². The normalized spacial score (nSPS) is 22.3. The lowest BCUT2D eigenvalue weighted by atomic mass is 10.1. The van der Waals surface area contributed by atoms with Crippen LogP contribution in [0.5, 0.6) is 0 Å². The Morgan fingerprint density at radius 3 is 2.19 bits per heavy atom. The highest BCUT2D eigenvalue weighted by molar-refractivity contribution is 8.03. The zero-order valence-electron chi connectivity index (χ0n) is 22.1. The molecule has 0 radical (unpaired) electrons. The van der Waals surface area contributed by atoms with E-state index in [-0.39, 0.29) is 5.78 Å². The van der Waals surface area contributed by atoms with Gasteiger partial charge in [-0.05, 0) is 87.0 Å². The fraction of sp³-hybridized carbons (Fsp3) is 0.552. The van der Waals surface area contributed by atoms with E-state index in [1.54, 1.807) is 6.92 Å². The molecule has 1 aromatic heterocycles. The van der Waals surface area contributed by atoms with Gasteiger partial charge in [-0.1, -0.05) is 18.2 Å². The van der Waals surface area contributed by atoms with E-state index in [1.165, 1.54) is 23.7 Å². The number of carbonyl (C=O) groups is 1. The van der Waals surface area contributed by atoms with Crippen molar-refractivity contribution in [2.45, 2.75) is 37.6 Å². The van der Waals surface area contributed by atoms with Crippen molar-refractivity contribution in [3.05, 3.63) is 59.4 Å². The number of aromatic nitrogens is 1. The first-order valence-electron chi connectivity index (χ1n) is 13.6. The molecule has 3 heterocycles. The topological polar surface area (TPSA) is 66.7 Å². The molecular formula is C29H40N6OS. The maximum Gasteiger partial charge on any atom is 0.178 e. The predicted molar refractivity (Wildman–Crippen MR) is 150 cm³/mol. The monoisotopic (exact) mass is 520 g/mol. The summed E-state index contributed by atoms with van der Waals surface area (Å²) in [4.78, 5) is 27.8. The van der Waals surface area contributed by atoms with Crippen LogP contribution in [0.4, 0.5) is 0 Å². The van der Waals surface area contributed by atoms with Gasteiger partial charge in [-0.25, -0.2) is 4.98 Å². The highest BCUT2D eigenvalue weighted by atomic mass is 32.2. The minimum atomic E-state index is 0.0285. The Hall–Kier alpha value is -2.28. The van der Waals surface area contributed by atoms with Crippen molar-refractivity contribution >= 4 is 17.5 Å². The molecule has 8 heteroatoms. The summed E-state index contributed by atoms with van der Waals surface area (Å²) in [6.45, 7) is 14.6. The van der Waals surface area contributed by atoms with Gasteiger partial charge in [0.1, 0.15) is 11.1 Å². The highest BCUT2D eigenvalue weighted by Crippen LogP contribution is 2.17. The predicted octanol–water partition coefficient (Wildman–Crippen LogP) is 3.62. The van der Waals surface area contributed by atoms with E-state index in [1.807, 2.05) is 18.2 Å². The molecule has 2 aromatic rings. The number of fused-ring (bicyclic) bond motifs is 3. The molecule has 0 spiro atoms. The lowest BCUT2D eigenvalue weighted by Crippen LogP contribution is -2.47. The van der Waals surface area contributed by atoms with Crippen LogP contribution in [0, 0.1) is 10.7 Å². The van der Waals surface area contributed by atoms with E-state index in [9.17, 15) is 4.79 Å². The molecule has 0 amide bonds. The van der Waals surface area contributed by atoms with Gasteiger partial charge in [0.05, 0.1) is 5.69 Å². The fourth-order valence-corrected chi connectivity index (χ4v) is 5.59. The third kappa shape index (κ3) is 9.20. The van der Waals surface area contributed by atoms with Crippen molar-refractivity contribution in [3.8, 4) is 5.40 Å². The molecule has 2 fully saturated rings. The van der Waals surface area contributed by atoms with Gasteiger partial charge in [-0.3, -0.25) is 9.69 Å². The Balaban J connectivity index is 1.31. The van der Waals surface area contributed by atoms with Crippen LogP contribution >= 0.6 is 11.8 Å². The zero-order chi connectivity index (χ0) is 25.9. The van der Waals surface area contributed by atoms with Crippen molar-refractivity contribution < 1.29 is 4.79 Å². The summed E-state index contributed by atoms with van der Waals surface area (Å²) in [5.74, 6) is 0.0285. The number of ketones is 1. The summed E-state index contributed by atoms with van der Waals surface area (Å²) in [6.07, 6.45) is 3.40. The van der Waals surface area contributed by atoms with Crippen LogP contribution in [0.15, 0.2) is 47.4 Å². The number of carbonyl (C=O) groups excluding carboxylic acids is 1. The number of rotatable bonds is 7. The van der Waals surface area contributed by atoms with Crippen LogP contribution in [0.2, 0.25) is 0 Å². The first kappa shape index (κ1) is 27.7. The van der Waals surface area contributed by atoms with E-state index < -0.39 is 0 Å². The number of nitrogens with zero attached hydrogens (tertiary/aromatic N) is 6. The first-order valence-corrected chi connectivity index (χ1v) is 14.4. The van der Waals surface area contributed by atoms with Crippen LogP contribution in [-0.2, 0) is 13.0 Å². The third-order valence-electron chi connectivity index (χ3n) is 7.45. The largest absolute Gasteiger partial charge is 0.302 e. The van der Waals surface area contributed by atoms with Crippen molar-refractivity contribution in [1.29, 1.82) is 5.26 Å². The summed E-state index contributed by atoms with van der Waals surface area (Å²) >= 11 is 1.22. The molecule has 4 rings (SSSR count). The minimum Gasteiger partial charge on any atom is -0.302 e. The van der Waals surface area contributed by atoms with Gasteiger partial charge in [0.15, 0.2) is 5.78 Å². The van der Waals surface area contributed by atoms with Gasteiger partial charge < -0.3 is 14.7 Å². The van der Waals surface area contributed by atoms with E-state index in [0.29, 0.717) is 5.69 Å². The SMILES string of the molecule is CC(=O)c1cccc(CN2CCCN3CCN(CCc4ccc(SC#N)cc4)CCCN(CC3)CC2)n1. The second-order valence-corrected chi connectivity index (χ2v) is 11.0. The quantitative estimate of drug-likeness (QED) is 0.312. The molecule has 2 unspecified atom stereocenters. The maximum absolute atomic E-state index is 11.8. The number of hydrogen-bond acceptors (Lipinski definition) is 8. The van der Waals surface area contributed by atoms with Gasteiger partial charge in [-0.2, -0.15) is 5.26 Å². The number of nitriles is 1. The average Bonchev–Trinajstić information content (AvgIpc) is 2.91. The van der Waals surface area contributed by atoms with Gasteiger partial charge >= 0.3 is 0 Å². The van der Waals surface area contributed by atoms with Crippen molar-refractivity contribution in [1.82, 2.24) is 24.6 Å². The van der Waals surface area contributed by atoms with Crippen LogP contribution in [0.3, 0.4) is 0 Å². The summed E-state index contributed by atoms with van der Waals surface area (Å²) in [5.41, 5.74) is 2.90. The molecule has 0 saturated carbocycles. The van der Waals surface area contributed by atoms with Gasteiger partial charge in [-0.15, -0.1) is 0 Å². The summed E-state index contributed by atoms with van der Waals surface area (Å²) in [6, 6.07) is 14.3. The summed E-state index contributed by atoms with van der Waals surface area (Å²) < 4.78 is 0. The molecule has 2 aliphatic rings. The van der Waals surface area contributed by atoms with Crippen molar-refractivity contribution in [2.75, 3.05) is 72.0 Å². The third-order valence-corrected chi connectivity index (χ3v) is 8.05. The molecule has 2 saturated heterocycles. The van der Waals surface area contributed by atoms with E-state index in [4.69, 9.17) is 5.26 Å². The van der Waals surface area contributed by atoms with Crippen molar-refractivity contribution in [3.63, 3.8) is 0 Å². The molecule has 198 valence electrons. The lowest BCUT2D eigenvalue weighted by molar-refractivity contribution is 0.101. The highest BCUT2D eigenvalue weighted by Gasteiger charge is 2.19. The summed E-state index contributed by atoms with van der Waals surface area (Å²) in [7, 11) is 0. The Morgan fingerprint density at radius 1 is 0.865 bits per heavy atom. The van der Waals surface area contributed by atoms with Crippen LogP contribution in [0.25, 0.3) is 0 Å². The number of hydrogen-bond donors (Lipinski definition) is 0. The molecule has 1 aromatic carbocycles. The zero-order valence-corrected chi connectivity index (χ0v) is 23.0. The number of benzene rings is 1. The number of pyridine rings is 1. The van der Waals surface area contributed by atoms with Gasteiger partial charge in [0, 0.05) is 64.2 Å². The first-order chi connectivity index (χ1) is 18.1. The molecule has 0 N–H and O–H groups in total.